The number of primary amides is 1. The number of benzene rings is 1. The standard InChI is InChI=1S/C17H14FN3O2/c1-9-2-4-11(22)8-20-15-13(6-9)12-7-10(18)3-5-14(12)21-16(15)17(19)23/h2-8,20,22H,1H3,(H2,19,23). The van der Waals surface area contributed by atoms with Crippen LogP contribution in [0.15, 0.2) is 42.6 Å². The second kappa shape index (κ2) is 5.57. The van der Waals surface area contributed by atoms with Crippen molar-refractivity contribution in [2.45, 2.75) is 6.92 Å². The van der Waals surface area contributed by atoms with Gasteiger partial charge in [0.1, 0.15) is 11.6 Å². The highest BCUT2D eigenvalue weighted by Gasteiger charge is 2.12. The fourth-order valence-electron chi connectivity index (χ4n) is 2.42. The molecule has 3 rings (SSSR count). The van der Waals surface area contributed by atoms with Gasteiger partial charge in [-0.3, -0.25) is 4.79 Å². The molecule has 0 radical (unpaired) electrons. The molecular weight excluding hydrogens is 297 g/mol. The van der Waals surface area contributed by atoms with Crippen molar-refractivity contribution in [2.75, 3.05) is 0 Å². The zero-order chi connectivity index (χ0) is 16.6. The second-order valence-corrected chi connectivity index (χ2v) is 5.21. The van der Waals surface area contributed by atoms with Gasteiger partial charge in [-0.1, -0.05) is 11.6 Å². The monoisotopic (exact) mass is 311 g/mol. The Morgan fingerprint density at radius 1 is 1.22 bits per heavy atom. The van der Waals surface area contributed by atoms with Gasteiger partial charge in [0.25, 0.3) is 5.91 Å². The number of nitrogens with one attached hydrogen (secondary N) is 1. The largest absolute Gasteiger partial charge is 0.506 e. The molecule has 0 fully saturated rings. The Hall–Kier alpha value is -3.15. The maximum atomic E-state index is 13.7. The van der Waals surface area contributed by atoms with Gasteiger partial charge in [-0.05, 0) is 37.3 Å². The summed E-state index contributed by atoms with van der Waals surface area (Å²) in [6.07, 6.45) is 1.32. The third-order valence-corrected chi connectivity index (χ3v) is 3.47. The number of carbonyl (C=O) groups is 1. The number of fused-ring (bicyclic) bond motifs is 3. The lowest BCUT2D eigenvalue weighted by atomic mass is 10.1. The fourth-order valence-corrected chi connectivity index (χ4v) is 2.42. The summed E-state index contributed by atoms with van der Waals surface area (Å²) in [6.45, 7) is 1.83. The van der Waals surface area contributed by atoms with Gasteiger partial charge in [0.05, 0.1) is 11.0 Å². The van der Waals surface area contributed by atoms with Crippen LogP contribution in [0.2, 0.25) is 0 Å². The number of rotatable bonds is 1. The van der Waals surface area contributed by atoms with Crippen LogP contribution in [0.25, 0.3) is 21.8 Å². The van der Waals surface area contributed by atoms with Crippen LogP contribution in [-0.4, -0.2) is 21.0 Å². The molecule has 1 amide bonds. The minimum absolute atomic E-state index is 0.0223. The lowest BCUT2D eigenvalue weighted by Gasteiger charge is -2.06. The number of pyridine rings is 1. The van der Waals surface area contributed by atoms with Crippen molar-refractivity contribution in [3.05, 3.63) is 59.7 Å². The summed E-state index contributed by atoms with van der Waals surface area (Å²) >= 11 is 0. The number of aryl methyl sites for hydroxylation is 1. The molecule has 23 heavy (non-hydrogen) atoms. The fraction of sp³-hybridized carbons (Fsp3) is 0.0588. The van der Waals surface area contributed by atoms with Crippen molar-refractivity contribution in [1.82, 2.24) is 9.97 Å². The number of aromatic hydroxyl groups is 1. The van der Waals surface area contributed by atoms with Crippen molar-refractivity contribution in [3.63, 3.8) is 0 Å². The lowest BCUT2D eigenvalue weighted by molar-refractivity contribution is 0.0997. The number of aromatic nitrogens is 2. The maximum Gasteiger partial charge on any atom is 0.269 e. The molecule has 6 heteroatoms. The third kappa shape index (κ3) is 2.78. The van der Waals surface area contributed by atoms with E-state index in [9.17, 15) is 14.3 Å². The van der Waals surface area contributed by atoms with Crippen molar-refractivity contribution in [3.8, 4) is 5.75 Å². The van der Waals surface area contributed by atoms with Crippen molar-refractivity contribution < 1.29 is 14.3 Å². The minimum Gasteiger partial charge on any atom is -0.506 e. The normalized spacial score (nSPS) is 10.7. The molecule has 0 unspecified atom stereocenters. The smallest absolute Gasteiger partial charge is 0.269 e. The summed E-state index contributed by atoms with van der Waals surface area (Å²) in [6, 6.07) is 9.11. The number of hydrogen-bond acceptors (Lipinski definition) is 3. The van der Waals surface area contributed by atoms with Crippen LogP contribution >= 0.6 is 0 Å². The number of nitrogens with zero attached hydrogens (tertiary/aromatic N) is 1. The first-order chi connectivity index (χ1) is 11.0. The molecule has 0 atom stereocenters. The van der Waals surface area contributed by atoms with E-state index in [-0.39, 0.29) is 11.4 Å². The summed E-state index contributed by atoms with van der Waals surface area (Å²) in [5.74, 6) is -1.15. The molecule has 0 aliphatic rings. The van der Waals surface area contributed by atoms with Gasteiger partial charge in [-0.2, -0.15) is 0 Å². The molecule has 116 valence electrons. The van der Waals surface area contributed by atoms with E-state index in [0.29, 0.717) is 21.8 Å². The Morgan fingerprint density at radius 3 is 2.74 bits per heavy atom. The molecule has 2 heterocycles. The van der Waals surface area contributed by atoms with Crippen LogP contribution in [-0.2, 0) is 0 Å². The van der Waals surface area contributed by atoms with E-state index in [1.165, 1.54) is 30.5 Å². The first-order valence-electron chi connectivity index (χ1n) is 6.91. The van der Waals surface area contributed by atoms with Crippen LogP contribution in [0.5, 0.6) is 5.75 Å². The van der Waals surface area contributed by atoms with Gasteiger partial charge >= 0.3 is 0 Å². The average Bonchev–Trinajstić information content (AvgIpc) is 2.57. The predicted octanol–water partition coefficient (Wildman–Crippen LogP) is 3.09. The quantitative estimate of drug-likeness (QED) is 0.645. The van der Waals surface area contributed by atoms with E-state index in [1.807, 2.05) is 6.92 Å². The van der Waals surface area contributed by atoms with Gasteiger partial charge in [0.2, 0.25) is 0 Å². The molecule has 0 aliphatic heterocycles. The van der Waals surface area contributed by atoms with Crippen molar-refractivity contribution in [2.24, 2.45) is 5.73 Å². The minimum atomic E-state index is -0.717. The third-order valence-electron chi connectivity index (χ3n) is 3.47. The summed E-state index contributed by atoms with van der Waals surface area (Å²) in [7, 11) is 0. The Labute approximate surface area is 130 Å². The summed E-state index contributed by atoms with van der Waals surface area (Å²) in [5.41, 5.74) is 7.04. The Balaban J connectivity index is 2.65. The highest BCUT2D eigenvalue weighted by atomic mass is 19.1. The predicted molar refractivity (Wildman–Crippen MR) is 86.1 cm³/mol. The van der Waals surface area contributed by atoms with E-state index in [1.54, 1.807) is 12.1 Å². The van der Waals surface area contributed by atoms with Crippen LogP contribution in [0.3, 0.4) is 0 Å². The Morgan fingerprint density at radius 2 is 2.00 bits per heavy atom. The number of aromatic amines is 1. The molecule has 3 aromatic rings. The van der Waals surface area contributed by atoms with Crippen LogP contribution in [0, 0.1) is 12.7 Å². The lowest BCUT2D eigenvalue weighted by Crippen LogP contribution is -2.14. The zero-order valence-electron chi connectivity index (χ0n) is 12.3. The molecule has 2 aromatic heterocycles. The molecule has 0 aliphatic carbocycles. The molecular formula is C17H14FN3O2. The molecule has 0 bridgehead atoms. The number of halogens is 1. The van der Waals surface area contributed by atoms with Gasteiger partial charge < -0.3 is 15.8 Å². The zero-order valence-corrected chi connectivity index (χ0v) is 12.3. The first kappa shape index (κ1) is 14.8. The molecule has 0 saturated heterocycles. The number of hydrogen-bond donors (Lipinski definition) is 3. The first-order valence-corrected chi connectivity index (χ1v) is 6.91. The topological polar surface area (TPSA) is 92.0 Å². The second-order valence-electron chi connectivity index (χ2n) is 5.21. The molecule has 1 aromatic carbocycles. The number of nitrogens with two attached hydrogens (primary N) is 1. The van der Waals surface area contributed by atoms with Crippen LogP contribution in [0.4, 0.5) is 4.39 Å². The Bertz CT molecular complexity index is 994. The van der Waals surface area contributed by atoms with E-state index in [4.69, 9.17) is 5.73 Å². The highest BCUT2D eigenvalue weighted by Crippen LogP contribution is 2.25. The number of carbonyl (C=O) groups excluding carboxylic acids is 1. The van der Waals surface area contributed by atoms with E-state index < -0.39 is 11.7 Å². The summed E-state index contributed by atoms with van der Waals surface area (Å²) < 4.78 is 13.7. The average molecular weight is 311 g/mol. The van der Waals surface area contributed by atoms with Gasteiger partial charge in [-0.25, -0.2) is 9.37 Å². The molecule has 4 N–H and O–H groups in total. The highest BCUT2D eigenvalue weighted by molar-refractivity contribution is 6.12. The number of H-pyrrole nitrogens is 1. The van der Waals surface area contributed by atoms with Crippen molar-refractivity contribution >= 4 is 27.7 Å². The van der Waals surface area contributed by atoms with Crippen molar-refractivity contribution in [1.29, 1.82) is 0 Å². The molecule has 0 saturated carbocycles. The van der Waals surface area contributed by atoms with Crippen LogP contribution in [0.1, 0.15) is 16.1 Å². The van der Waals surface area contributed by atoms with E-state index in [2.05, 4.69) is 9.97 Å². The molecule has 0 spiro atoms. The van der Waals surface area contributed by atoms with Gasteiger partial charge in [-0.15, -0.1) is 0 Å². The molecule has 5 nitrogen and oxygen atoms in total. The number of amides is 1. The van der Waals surface area contributed by atoms with Gasteiger partial charge in [0.15, 0.2) is 5.69 Å². The van der Waals surface area contributed by atoms with E-state index >= 15 is 0 Å². The SMILES string of the molecule is Cc1ccc(O)c[nH]c2c(C(N)=O)nc3ccc(F)cc3c2c1. The van der Waals surface area contributed by atoms with E-state index in [0.717, 1.165) is 5.56 Å². The Kier molecular flexibility index (Phi) is 3.57. The van der Waals surface area contributed by atoms with Gasteiger partial charge in [0, 0.05) is 17.0 Å². The maximum absolute atomic E-state index is 13.7. The van der Waals surface area contributed by atoms with Crippen LogP contribution < -0.4 is 5.73 Å². The summed E-state index contributed by atoms with van der Waals surface area (Å²) in [4.78, 5) is 18.8. The summed E-state index contributed by atoms with van der Waals surface area (Å²) in [5, 5.41) is 10.9.